The van der Waals surface area contributed by atoms with Crippen LogP contribution < -0.4 is 4.74 Å². The summed E-state index contributed by atoms with van der Waals surface area (Å²) in [5, 5.41) is 0. The molecule has 1 aromatic rings. The molecule has 2 nitrogen and oxygen atoms in total. The number of methoxy groups -OCH3 is 1. The normalized spacial score (nSPS) is 8.90. The Morgan fingerprint density at radius 2 is 2.30 bits per heavy atom. The van der Waals surface area contributed by atoms with E-state index in [1.165, 1.54) is 0 Å². The van der Waals surface area contributed by atoms with E-state index in [1.807, 2.05) is 24.3 Å². The molecule has 0 saturated heterocycles. The van der Waals surface area contributed by atoms with E-state index in [1.54, 1.807) is 7.11 Å². The molecule has 0 bridgehead atoms. The molecule has 1 rings (SSSR count). The van der Waals surface area contributed by atoms with E-state index in [0.717, 1.165) is 11.4 Å². The minimum Gasteiger partial charge on any atom is -0.497 e. The van der Waals surface area contributed by atoms with Crippen molar-refractivity contribution in [2.75, 3.05) is 7.11 Å². The largest absolute Gasteiger partial charge is 0.497 e. The monoisotopic (exact) mass is 135 g/mol. The second kappa shape index (κ2) is 3.01. The number of nitrogens with zero attached hydrogens (tertiary/aromatic N) is 1. The molecular formula is C8H9NO. The molecule has 0 aliphatic heterocycles. The van der Waals surface area contributed by atoms with Gasteiger partial charge in [0.15, 0.2) is 0 Å². The Morgan fingerprint density at radius 1 is 1.50 bits per heavy atom. The van der Waals surface area contributed by atoms with Gasteiger partial charge in [-0.15, -0.1) is 0 Å². The van der Waals surface area contributed by atoms with Crippen molar-refractivity contribution in [1.29, 1.82) is 0 Å². The predicted molar refractivity (Wildman–Crippen MR) is 42.2 cm³/mol. The van der Waals surface area contributed by atoms with E-state index < -0.39 is 0 Å². The van der Waals surface area contributed by atoms with Gasteiger partial charge in [-0.1, -0.05) is 6.07 Å². The fourth-order valence-electron chi connectivity index (χ4n) is 0.709. The van der Waals surface area contributed by atoms with Crippen LogP contribution >= 0.6 is 0 Å². The van der Waals surface area contributed by atoms with Crippen LogP contribution in [0.25, 0.3) is 0 Å². The number of hydrogen-bond donors (Lipinski definition) is 0. The fourth-order valence-corrected chi connectivity index (χ4v) is 0.709. The molecule has 0 spiro atoms. The van der Waals surface area contributed by atoms with E-state index in [-0.39, 0.29) is 0 Å². The Labute approximate surface area is 60.2 Å². The highest BCUT2D eigenvalue weighted by atomic mass is 16.5. The molecular weight excluding hydrogens is 126 g/mol. The minimum absolute atomic E-state index is 0.810. The van der Waals surface area contributed by atoms with Crippen molar-refractivity contribution in [3.8, 4) is 5.75 Å². The molecule has 0 fully saturated rings. The Morgan fingerprint density at radius 3 is 2.90 bits per heavy atom. The second-order valence-electron chi connectivity index (χ2n) is 1.86. The predicted octanol–water partition coefficient (Wildman–Crippen LogP) is 2.03. The van der Waals surface area contributed by atoms with Gasteiger partial charge >= 0.3 is 0 Å². The summed E-state index contributed by atoms with van der Waals surface area (Å²) in [6.07, 6.45) is 0. The van der Waals surface area contributed by atoms with Crippen LogP contribution in [0.3, 0.4) is 0 Å². The first-order valence-electron chi connectivity index (χ1n) is 2.97. The van der Waals surface area contributed by atoms with Gasteiger partial charge in [0.05, 0.1) is 12.8 Å². The fraction of sp³-hybridized carbons (Fsp3) is 0.125. The molecule has 0 amide bonds. The highest BCUT2D eigenvalue weighted by Gasteiger charge is 1.89. The highest BCUT2D eigenvalue weighted by Crippen LogP contribution is 2.18. The number of hydrogen-bond acceptors (Lipinski definition) is 2. The average molecular weight is 135 g/mol. The van der Waals surface area contributed by atoms with Crippen LogP contribution in [-0.4, -0.2) is 13.8 Å². The van der Waals surface area contributed by atoms with Gasteiger partial charge in [0.2, 0.25) is 0 Å². The van der Waals surface area contributed by atoms with Crippen molar-refractivity contribution in [2.24, 2.45) is 4.99 Å². The molecule has 0 N–H and O–H groups in total. The van der Waals surface area contributed by atoms with E-state index in [2.05, 4.69) is 11.7 Å². The van der Waals surface area contributed by atoms with E-state index in [4.69, 9.17) is 4.74 Å². The van der Waals surface area contributed by atoms with Crippen LogP contribution in [0.4, 0.5) is 5.69 Å². The van der Waals surface area contributed by atoms with Crippen molar-refractivity contribution in [3.05, 3.63) is 24.3 Å². The lowest BCUT2D eigenvalue weighted by Crippen LogP contribution is -1.79. The Bertz CT molecular complexity index is 232. The summed E-state index contributed by atoms with van der Waals surface area (Å²) in [4.78, 5) is 3.75. The first kappa shape index (κ1) is 6.81. The smallest absolute Gasteiger partial charge is 0.121 e. The molecule has 10 heavy (non-hydrogen) atoms. The van der Waals surface area contributed by atoms with Crippen LogP contribution in [0.5, 0.6) is 5.75 Å². The van der Waals surface area contributed by atoms with Gasteiger partial charge in [0.25, 0.3) is 0 Å². The van der Waals surface area contributed by atoms with Gasteiger partial charge in [0, 0.05) is 6.07 Å². The molecule has 0 unspecified atom stereocenters. The zero-order valence-corrected chi connectivity index (χ0v) is 5.87. The number of ether oxygens (including phenoxy) is 1. The van der Waals surface area contributed by atoms with Gasteiger partial charge < -0.3 is 4.74 Å². The number of benzene rings is 1. The van der Waals surface area contributed by atoms with Crippen molar-refractivity contribution in [2.45, 2.75) is 0 Å². The van der Waals surface area contributed by atoms with E-state index in [0.29, 0.717) is 0 Å². The van der Waals surface area contributed by atoms with Crippen molar-refractivity contribution in [3.63, 3.8) is 0 Å². The molecule has 0 heterocycles. The van der Waals surface area contributed by atoms with Crippen molar-refractivity contribution < 1.29 is 4.74 Å². The standard InChI is InChI=1S/C8H9NO/c1-9-7-4-3-5-8(6-7)10-2/h3-6H,1H2,2H3. The molecule has 0 aliphatic rings. The molecule has 52 valence electrons. The quantitative estimate of drug-likeness (QED) is 0.568. The maximum absolute atomic E-state index is 4.97. The summed E-state index contributed by atoms with van der Waals surface area (Å²) in [5.74, 6) is 0.810. The van der Waals surface area contributed by atoms with Crippen LogP contribution in [0.2, 0.25) is 0 Å². The summed E-state index contributed by atoms with van der Waals surface area (Å²) in [7, 11) is 1.63. The molecule has 0 aliphatic carbocycles. The average Bonchev–Trinajstić information content (AvgIpc) is 2.05. The van der Waals surface area contributed by atoms with Crippen LogP contribution in [0, 0.1) is 0 Å². The van der Waals surface area contributed by atoms with Crippen molar-refractivity contribution >= 4 is 12.4 Å². The lowest BCUT2D eigenvalue weighted by atomic mass is 10.3. The number of aliphatic imine (C=N–C) groups is 1. The van der Waals surface area contributed by atoms with Crippen LogP contribution in [0.15, 0.2) is 29.3 Å². The Hall–Kier alpha value is -1.31. The summed E-state index contributed by atoms with van der Waals surface area (Å²) in [6.45, 7) is 3.40. The summed E-state index contributed by atoms with van der Waals surface area (Å²) < 4.78 is 4.97. The van der Waals surface area contributed by atoms with Gasteiger partial charge in [-0.3, -0.25) is 4.99 Å². The molecule has 1 aromatic carbocycles. The van der Waals surface area contributed by atoms with Crippen LogP contribution in [-0.2, 0) is 0 Å². The molecule has 0 radical (unpaired) electrons. The number of rotatable bonds is 2. The maximum atomic E-state index is 4.97. The SMILES string of the molecule is C=Nc1cccc(OC)c1. The molecule has 0 saturated carbocycles. The summed E-state index contributed by atoms with van der Waals surface area (Å²) in [5.41, 5.74) is 0.833. The lowest BCUT2D eigenvalue weighted by Gasteiger charge is -1.98. The third-order valence-corrected chi connectivity index (χ3v) is 1.24. The van der Waals surface area contributed by atoms with Gasteiger partial charge in [-0.2, -0.15) is 0 Å². The van der Waals surface area contributed by atoms with Crippen molar-refractivity contribution in [1.82, 2.24) is 0 Å². The first-order valence-corrected chi connectivity index (χ1v) is 2.97. The summed E-state index contributed by atoms with van der Waals surface area (Å²) >= 11 is 0. The molecule has 0 aromatic heterocycles. The van der Waals surface area contributed by atoms with Gasteiger partial charge in [0.1, 0.15) is 5.75 Å². The zero-order valence-electron chi connectivity index (χ0n) is 5.87. The highest BCUT2D eigenvalue weighted by molar-refractivity contribution is 5.48. The van der Waals surface area contributed by atoms with Gasteiger partial charge in [-0.05, 0) is 18.9 Å². The Kier molecular flexibility index (Phi) is 2.05. The topological polar surface area (TPSA) is 21.6 Å². The summed E-state index contributed by atoms with van der Waals surface area (Å²) in [6, 6.07) is 7.44. The zero-order chi connectivity index (χ0) is 7.40. The van der Waals surface area contributed by atoms with Gasteiger partial charge in [-0.25, -0.2) is 0 Å². The lowest BCUT2D eigenvalue weighted by molar-refractivity contribution is 0.415. The third-order valence-electron chi connectivity index (χ3n) is 1.24. The van der Waals surface area contributed by atoms with E-state index >= 15 is 0 Å². The van der Waals surface area contributed by atoms with E-state index in [9.17, 15) is 0 Å². The second-order valence-corrected chi connectivity index (χ2v) is 1.86. The first-order chi connectivity index (χ1) is 4.86. The molecule has 2 heteroatoms. The van der Waals surface area contributed by atoms with Crippen LogP contribution in [0.1, 0.15) is 0 Å². The Balaban J connectivity index is 2.98. The third kappa shape index (κ3) is 1.35. The molecule has 0 atom stereocenters. The minimum atomic E-state index is 0.810. The maximum Gasteiger partial charge on any atom is 0.121 e.